The third-order valence-corrected chi connectivity index (χ3v) is 5.88. The molecule has 1 aliphatic heterocycles. The molecule has 0 saturated carbocycles. The molecule has 0 aliphatic carbocycles. The van der Waals surface area contributed by atoms with Crippen molar-refractivity contribution in [1.82, 2.24) is 0 Å². The second-order valence-corrected chi connectivity index (χ2v) is 8.72. The number of esters is 1. The van der Waals surface area contributed by atoms with Crippen molar-refractivity contribution >= 4 is 52.4 Å². The summed E-state index contributed by atoms with van der Waals surface area (Å²) in [5, 5.41) is 5.40. The molecule has 37 heavy (non-hydrogen) atoms. The SMILES string of the molecule is CCCOC(=O)c1ccc(N2C(=O)C(Cl)=C(Nc3cccc(C(=O)Nc4ccc(C)cc4)c3)C2=O)cc1. The number of amides is 3. The molecule has 9 heteroatoms. The molecule has 3 amide bonds. The first-order chi connectivity index (χ1) is 17.8. The maximum absolute atomic E-state index is 13.1. The summed E-state index contributed by atoms with van der Waals surface area (Å²) in [7, 11) is 0. The number of carbonyl (C=O) groups excluding carboxylic acids is 4. The van der Waals surface area contributed by atoms with Crippen molar-refractivity contribution in [2.45, 2.75) is 20.3 Å². The lowest BCUT2D eigenvalue weighted by molar-refractivity contribution is -0.120. The van der Waals surface area contributed by atoms with Crippen LogP contribution in [-0.4, -0.2) is 30.3 Å². The van der Waals surface area contributed by atoms with Gasteiger partial charge in [-0.3, -0.25) is 14.4 Å². The third-order valence-electron chi connectivity index (χ3n) is 5.53. The third kappa shape index (κ3) is 5.70. The van der Waals surface area contributed by atoms with Gasteiger partial charge in [0.15, 0.2) is 0 Å². The molecule has 0 radical (unpaired) electrons. The smallest absolute Gasteiger partial charge is 0.338 e. The molecule has 0 fully saturated rings. The van der Waals surface area contributed by atoms with E-state index < -0.39 is 17.8 Å². The standard InChI is InChI=1S/C28H24ClN3O5/c1-3-15-37-28(36)18-9-13-22(14-10-18)32-26(34)23(29)24(27(32)35)30-21-6-4-5-19(16-21)25(33)31-20-11-7-17(2)8-12-20/h4-14,16,30H,3,15H2,1-2H3,(H,31,33). The Hall–Kier alpha value is -4.43. The molecule has 0 unspecified atom stereocenters. The van der Waals surface area contributed by atoms with Crippen molar-refractivity contribution in [1.29, 1.82) is 0 Å². The van der Waals surface area contributed by atoms with E-state index in [0.29, 0.717) is 35.5 Å². The lowest BCUT2D eigenvalue weighted by Gasteiger charge is -2.15. The number of imide groups is 1. The van der Waals surface area contributed by atoms with Crippen LogP contribution in [-0.2, 0) is 14.3 Å². The molecule has 1 heterocycles. The van der Waals surface area contributed by atoms with E-state index >= 15 is 0 Å². The van der Waals surface area contributed by atoms with Gasteiger partial charge in [-0.25, -0.2) is 9.69 Å². The Morgan fingerprint density at radius 3 is 2.27 bits per heavy atom. The quantitative estimate of drug-likeness (QED) is 0.312. The number of halogens is 1. The fourth-order valence-corrected chi connectivity index (χ4v) is 3.81. The Kier molecular flexibility index (Phi) is 7.69. The molecule has 8 nitrogen and oxygen atoms in total. The van der Waals surface area contributed by atoms with Crippen molar-refractivity contribution in [2.75, 3.05) is 22.1 Å². The number of ether oxygens (including phenoxy) is 1. The molecule has 3 aromatic rings. The lowest BCUT2D eigenvalue weighted by atomic mass is 10.1. The number of benzene rings is 3. The van der Waals surface area contributed by atoms with Crippen LogP contribution in [0.2, 0.25) is 0 Å². The van der Waals surface area contributed by atoms with Gasteiger partial charge in [0.2, 0.25) is 0 Å². The minimum absolute atomic E-state index is 0.116. The summed E-state index contributed by atoms with van der Waals surface area (Å²) >= 11 is 6.23. The van der Waals surface area contributed by atoms with Gasteiger partial charge in [-0.1, -0.05) is 42.3 Å². The second-order valence-electron chi connectivity index (χ2n) is 8.34. The van der Waals surface area contributed by atoms with Crippen molar-refractivity contribution in [3.8, 4) is 0 Å². The van der Waals surface area contributed by atoms with Crippen molar-refractivity contribution in [2.24, 2.45) is 0 Å². The highest BCUT2D eigenvalue weighted by atomic mass is 35.5. The summed E-state index contributed by atoms with van der Waals surface area (Å²) < 4.78 is 5.10. The van der Waals surface area contributed by atoms with E-state index in [1.165, 1.54) is 24.3 Å². The fourth-order valence-electron chi connectivity index (χ4n) is 3.59. The Bertz CT molecular complexity index is 1400. The van der Waals surface area contributed by atoms with Crippen LogP contribution in [0.15, 0.2) is 83.5 Å². The highest BCUT2D eigenvalue weighted by Gasteiger charge is 2.39. The average Bonchev–Trinajstić information content (AvgIpc) is 3.11. The first-order valence-electron chi connectivity index (χ1n) is 11.6. The van der Waals surface area contributed by atoms with Gasteiger partial charge in [-0.15, -0.1) is 0 Å². The fraction of sp³-hybridized carbons (Fsp3) is 0.143. The van der Waals surface area contributed by atoms with E-state index in [4.69, 9.17) is 16.3 Å². The van der Waals surface area contributed by atoms with Crippen LogP contribution >= 0.6 is 11.6 Å². The summed E-state index contributed by atoms with van der Waals surface area (Å²) in [6.07, 6.45) is 0.695. The topological polar surface area (TPSA) is 105 Å². The molecule has 2 N–H and O–H groups in total. The van der Waals surface area contributed by atoms with E-state index in [9.17, 15) is 19.2 Å². The van der Waals surface area contributed by atoms with E-state index in [2.05, 4.69) is 10.6 Å². The highest BCUT2D eigenvalue weighted by molar-refractivity contribution is 6.53. The van der Waals surface area contributed by atoms with Crippen LogP contribution in [0.4, 0.5) is 17.1 Å². The van der Waals surface area contributed by atoms with Crippen LogP contribution < -0.4 is 15.5 Å². The van der Waals surface area contributed by atoms with Crippen LogP contribution in [0, 0.1) is 6.92 Å². The van der Waals surface area contributed by atoms with Gasteiger partial charge in [0.05, 0.1) is 17.9 Å². The minimum Gasteiger partial charge on any atom is -0.462 e. The van der Waals surface area contributed by atoms with Crippen LogP contribution in [0.25, 0.3) is 0 Å². The first kappa shape index (κ1) is 25.7. The molecule has 4 rings (SSSR count). The molecule has 1 aliphatic rings. The molecular formula is C28H24ClN3O5. The molecule has 0 atom stereocenters. The van der Waals surface area contributed by atoms with Crippen molar-refractivity contribution in [3.05, 3.63) is 100 Å². The summed E-state index contributed by atoms with van der Waals surface area (Å²) in [5.41, 5.74) is 2.91. The Labute approximate surface area is 218 Å². The first-order valence-corrected chi connectivity index (χ1v) is 12.0. The van der Waals surface area contributed by atoms with E-state index in [1.54, 1.807) is 36.4 Å². The Balaban J connectivity index is 1.48. The number of anilines is 3. The zero-order chi connectivity index (χ0) is 26.5. The molecule has 0 aromatic heterocycles. The van der Waals surface area contributed by atoms with E-state index in [0.717, 1.165) is 10.5 Å². The van der Waals surface area contributed by atoms with Crippen molar-refractivity contribution in [3.63, 3.8) is 0 Å². The zero-order valence-electron chi connectivity index (χ0n) is 20.2. The van der Waals surface area contributed by atoms with Crippen LogP contribution in [0.3, 0.4) is 0 Å². The van der Waals surface area contributed by atoms with Gasteiger partial charge in [-0.2, -0.15) is 0 Å². The molecule has 0 bridgehead atoms. The summed E-state index contributed by atoms with van der Waals surface area (Å²) in [6.45, 7) is 4.14. The summed E-state index contributed by atoms with van der Waals surface area (Å²) in [5.74, 6) is -2.19. The van der Waals surface area contributed by atoms with E-state index in [-0.39, 0.29) is 22.3 Å². The van der Waals surface area contributed by atoms with Gasteiger partial charge in [0, 0.05) is 16.9 Å². The molecule has 0 saturated heterocycles. The zero-order valence-corrected chi connectivity index (χ0v) is 21.0. The number of carbonyl (C=O) groups is 4. The number of nitrogens with one attached hydrogen (secondary N) is 2. The van der Waals surface area contributed by atoms with Gasteiger partial charge in [0.25, 0.3) is 17.7 Å². The maximum Gasteiger partial charge on any atom is 0.338 e. The normalized spacial score (nSPS) is 13.1. The van der Waals surface area contributed by atoms with Crippen molar-refractivity contribution < 1.29 is 23.9 Å². The van der Waals surface area contributed by atoms with Gasteiger partial charge < -0.3 is 15.4 Å². The number of nitrogens with zero attached hydrogens (tertiary/aromatic N) is 1. The second kappa shape index (κ2) is 11.1. The number of hydrogen-bond donors (Lipinski definition) is 2. The average molecular weight is 518 g/mol. The predicted molar refractivity (Wildman–Crippen MR) is 142 cm³/mol. The summed E-state index contributed by atoms with van der Waals surface area (Å²) in [4.78, 5) is 51.5. The van der Waals surface area contributed by atoms with E-state index in [1.807, 2.05) is 26.0 Å². The molecule has 0 spiro atoms. The lowest BCUT2D eigenvalue weighted by Crippen LogP contribution is -2.32. The predicted octanol–water partition coefficient (Wildman–Crippen LogP) is 5.25. The number of aryl methyl sites for hydroxylation is 1. The van der Waals surface area contributed by atoms with Crippen LogP contribution in [0.5, 0.6) is 0 Å². The Morgan fingerprint density at radius 1 is 0.892 bits per heavy atom. The minimum atomic E-state index is -0.705. The number of hydrogen-bond acceptors (Lipinski definition) is 6. The Morgan fingerprint density at radius 2 is 1.59 bits per heavy atom. The molecule has 3 aromatic carbocycles. The van der Waals surface area contributed by atoms with Gasteiger partial charge in [-0.05, 0) is 67.9 Å². The van der Waals surface area contributed by atoms with Gasteiger partial charge in [0.1, 0.15) is 10.7 Å². The number of rotatable bonds is 8. The van der Waals surface area contributed by atoms with Gasteiger partial charge >= 0.3 is 5.97 Å². The van der Waals surface area contributed by atoms with Crippen LogP contribution in [0.1, 0.15) is 39.6 Å². The molecular weight excluding hydrogens is 494 g/mol. The highest BCUT2D eigenvalue weighted by Crippen LogP contribution is 2.30. The monoisotopic (exact) mass is 517 g/mol. The maximum atomic E-state index is 13.1. The largest absolute Gasteiger partial charge is 0.462 e. The molecule has 188 valence electrons. The summed E-state index contributed by atoms with van der Waals surface area (Å²) in [6, 6.07) is 19.8.